The van der Waals surface area contributed by atoms with Crippen LogP contribution in [-0.2, 0) is 22.0 Å². The highest BCUT2D eigenvalue weighted by atomic mass is 32.2. The van der Waals surface area contributed by atoms with Crippen LogP contribution in [0.5, 0.6) is 0 Å². The molecule has 2 aromatic carbocycles. The molecule has 0 aromatic heterocycles. The molecular weight excluding hydrogens is 272 g/mol. The van der Waals surface area contributed by atoms with E-state index in [9.17, 15) is 9.00 Å². The number of rotatable bonds is 2. The molecule has 0 amide bonds. The van der Waals surface area contributed by atoms with Crippen LogP contribution in [0.25, 0.3) is 0 Å². The standard InChI is InChI=1S/C16H14O3S/c1-10(16(17)18)11-6-7-15-13(8-11)9-12-4-2-3-5-14(12)20(15)19/h2-8,10H,9H2,1H3,(H,17,18). The molecule has 20 heavy (non-hydrogen) atoms. The summed E-state index contributed by atoms with van der Waals surface area (Å²) in [5.41, 5.74) is 2.78. The van der Waals surface area contributed by atoms with Crippen LogP contribution in [0.3, 0.4) is 0 Å². The maximum absolute atomic E-state index is 12.5. The average Bonchev–Trinajstić information content (AvgIpc) is 2.46. The van der Waals surface area contributed by atoms with E-state index in [-0.39, 0.29) is 0 Å². The van der Waals surface area contributed by atoms with Crippen LogP contribution in [0.1, 0.15) is 29.5 Å². The predicted molar refractivity (Wildman–Crippen MR) is 76.4 cm³/mol. The van der Waals surface area contributed by atoms with Crippen LogP contribution in [0, 0.1) is 0 Å². The Kier molecular flexibility index (Phi) is 3.18. The van der Waals surface area contributed by atoms with E-state index >= 15 is 0 Å². The number of fused-ring (bicyclic) bond motifs is 2. The maximum atomic E-state index is 12.5. The van der Waals surface area contributed by atoms with Crippen molar-refractivity contribution in [1.29, 1.82) is 0 Å². The van der Waals surface area contributed by atoms with Crippen molar-refractivity contribution < 1.29 is 14.1 Å². The summed E-state index contributed by atoms with van der Waals surface area (Å²) in [5.74, 6) is -1.40. The molecule has 0 spiro atoms. The summed E-state index contributed by atoms with van der Waals surface area (Å²) in [4.78, 5) is 12.7. The molecule has 3 nitrogen and oxygen atoms in total. The van der Waals surface area contributed by atoms with Crippen LogP contribution < -0.4 is 0 Å². The van der Waals surface area contributed by atoms with E-state index in [4.69, 9.17) is 5.11 Å². The first-order valence-electron chi connectivity index (χ1n) is 6.43. The SMILES string of the molecule is CC(C(=O)O)c1ccc2c(c1)Cc1ccccc1S2=O. The van der Waals surface area contributed by atoms with Crippen LogP contribution in [-0.4, -0.2) is 15.3 Å². The highest BCUT2D eigenvalue weighted by Gasteiger charge is 2.23. The van der Waals surface area contributed by atoms with Crippen molar-refractivity contribution in [2.75, 3.05) is 0 Å². The average molecular weight is 286 g/mol. The summed E-state index contributed by atoms with van der Waals surface area (Å²) in [6.45, 7) is 1.66. The number of carboxylic acid groups (broad SMARTS) is 1. The van der Waals surface area contributed by atoms with Crippen LogP contribution in [0.2, 0.25) is 0 Å². The zero-order chi connectivity index (χ0) is 14.3. The molecule has 0 saturated carbocycles. The third-order valence-corrected chi connectivity index (χ3v) is 5.30. The summed E-state index contributed by atoms with van der Waals surface area (Å²) in [5, 5.41) is 9.09. The molecule has 2 aromatic rings. The molecule has 0 aliphatic carbocycles. The quantitative estimate of drug-likeness (QED) is 0.788. The second kappa shape index (κ2) is 4.87. The van der Waals surface area contributed by atoms with E-state index in [1.165, 1.54) is 0 Å². The summed E-state index contributed by atoms with van der Waals surface area (Å²) >= 11 is 0. The van der Waals surface area contributed by atoms with E-state index in [1.54, 1.807) is 19.1 Å². The zero-order valence-electron chi connectivity index (χ0n) is 11.0. The smallest absolute Gasteiger partial charge is 0.310 e. The Bertz CT molecular complexity index is 721. The monoisotopic (exact) mass is 286 g/mol. The molecule has 1 N–H and O–H groups in total. The zero-order valence-corrected chi connectivity index (χ0v) is 11.8. The van der Waals surface area contributed by atoms with Gasteiger partial charge in [0.25, 0.3) is 0 Å². The Morgan fingerprint density at radius 2 is 1.85 bits per heavy atom. The van der Waals surface area contributed by atoms with Gasteiger partial charge in [0, 0.05) is 9.79 Å². The normalized spacial score (nSPS) is 17.9. The Morgan fingerprint density at radius 1 is 1.15 bits per heavy atom. The number of carbonyl (C=O) groups is 1. The maximum Gasteiger partial charge on any atom is 0.310 e. The molecule has 0 bridgehead atoms. The molecule has 3 rings (SSSR count). The lowest BCUT2D eigenvalue weighted by Crippen LogP contribution is -2.12. The van der Waals surface area contributed by atoms with E-state index < -0.39 is 22.7 Å². The van der Waals surface area contributed by atoms with Crippen molar-refractivity contribution in [3.8, 4) is 0 Å². The molecule has 4 heteroatoms. The van der Waals surface area contributed by atoms with Crippen molar-refractivity contribution in [1.82, 2.24) is 0 Å². The van der Waals surface area contributed by atoms with Gasteiger partial charge in [0.05, 0.1) is 16.7 Å². The van der Waals surface area contributed by atoms with Gasteiger partial charge in [0.2, 0.25) is 0 Å². The number of aliphatic carboxylic acids is 1. The molecule has 1 aliphatic heterocycles. The first kappa shape index (κ1) is 13.1. The molecule has 2 atom stereocenters. The summed E-state index contributed by atoms with van der Waals surface area (Å²) in [6, 6.07) is 13.1. The molecule has 0 fully saturated rings. The first-order valence-corrected chi connectivity index (χ1v) is 7.58. The lowest BCUT2D eigenvalue weighted by Gasteiger charge is -2.20. The molecule has 1 heterocycles. The van der Waals surface area contributed by atoms with Gasteiger partial charge < -0.3 is 5.11 Å². The van der Waals surface area contributed by atoms with E-state index in [0.29, 0.717) is 6.42 Å². The van der Waals surface area contributed by atoms with Crippen molar-refractivity contribution in [3.63, 3.8) is 0 Å². The van der Waals surface area contributed by atoms with Gasteiger partial charge in [-0.3, -0.25) is 4.79 Å². The second-order valence-electron chi connectivity index (χ2n) is 4.98. The molecule has 0 radical (unpaired) electrons. The topological polar surface area (TPSA) is 54.4 Å². The van der Waals surface area contributed by atoms with Gasteiger partial charge in [-0.2, -0.15) is 0 Å². The summed E-state index contributed by atoms with van der Waals surface area (Å²) in [6.07, 6.45) is 0.706. The highest BCUT2D eigenvalue weighted by molar-refractivity contribution is 7.85. The van der Waals surface area contributed by atoms with E-state index in [1.807, 2.05) is 30.3 Å². The van der Waals surface area contributed by atoms with Gasteiger partial charge in [-0.05, 0) is 42.2 Å². The molecule has 2 unspecified atom stereocenters. The van der Waals surface area contributed by atoms with Crippen LogP contribution in [0.4, 0.5) is 0 Å². The summed E-state index contributed by atoms with van der Waals surface area (Å²) < 4.78 is 12.5. The highest BCUT2D eigenvalue weighted by Crippen LogP contribution is 2.33. The predicted octanol–water partition coefficient (Wildman–Crippen LogP) is 2.95. The number of benzene rings is 2. The van der Waals surface area contributed by atoms with Gasteiger partial charge in [-0.15, -0.1) is 0 Å². The molecule has 102 valence electrons. The first-order chi connectivity index (χ1) is 9.58. The Hall–Kier alpha value is -1.94. The fourth-order valence-corrected chi connectivity index (χ4v) is 3.86. The molecule has 1 aliphatic rings. The van der Waals surface area contributed by atoms with E-state index in [0.717, 1.165) is 26.5 Å². The van der Waals surface area contributed by atoms with Gasteiger partial charge in [-0.1, -0.05) is 30.3 Å². The summed E-state index contributed by atoms with van der Waals surface area (Å²) in [7, 11) is -1.17. The lowest BCUT2D eigenvalue weighted by atomic mass is 9.96. The largest absolute Gasteiger partial charge is 0.481 e. The van der Waals surface area contributed by atoms with Gasteiger partial charge in [-0.25, -0.2) is 4.21 Å². The van der Waals surface area contributed by atoms with Gasteiger partial charge in [0.1, 0.15) is 0 Å². The number of hydrogen-bond acceptors (Lipinski definition) is 2. The molecular formula is C16H14O3S. The third kappa shape index (κ3) is 2.06. The van der Waals surface area contributed by atoms with Crippen molar-refractivity contribution in [2.24, 2.45) is 0 Å². The minimum Gasteiger partial charge on any atom is -0.481 e. The minimum absolute atomic E-state index is 0.550. The van der Waals surface area contributed by atoms with Crippen molar-refractivity contribution >= 4 is 16.8 Å². The van der Waals surface area contributed by atoms with Gasteiger partial charge in [0.15, 0.2) is 0 Å². The van der Waals surface area contributed by atoms with Crippen LogP contribution >= 0.6 is 0 Å². The Morgan fingerprint density at radius 3 is 2.60 bits per heavy atom. The Labute approximate surface area is 119 Å². The number of hydrogen-bond donors (Lipinski definition) is 1. The Balaban J connectivity index is 2.07. The fraction of sp³-hybridized carbons (Fsp3) is 0.188. The van der Waals surface area contributed by atoms with E-state index in [2.05, 4.69) is 0 Å². The minimum atomic E-state index is -1.17. The third-order valence-electron chi connectivity index (χ3n) is 3.71. The van der Waals surface area contributed by atoms with Gasteiger partial charge >= 0.3 is 5.97 Å². The lowest BCUT2D eigenvalue weighted by molar-refractivity contribution is -0.138. The fourth-order valence-electron chi connectivity index (χ4n) is 2.48. The van der Waals surface area contributed by atoms with Crippen molar-refractivity contribution in [3.05, 3.63) is 59.2 Å². The molecule has 0 saturated heterocycles. The van der Waals surface area contributed by atoms with Crippen molar-refractivity contribution in [2.45, 2.75) is 29.1 Å². The second-order valence-corrected chi connectivity index (χ2v) is 6.40. The number of carboxylic acids is 1. The van der Waals surface area contributed by atoms with Crippen LogP contribution in [0.15, 0.2) is 52.3 Å².